The molecule has 23 heavy (non-hydrogen) atoms. The fourth-order valence-electron chi connectivity index (χ4n) is 6.45. The number of allylic oxidation sites excluding steroid dienone is 3. The highest BCUT2D eigenvalue weighted by Crippen LogP contribution is 2.63. The molecule has 6 atom stereocenters. The maximum atomic E-state index is 11.3. The number of carbonyl (C=O) groups is 1. The van der Waals surface area contributed by atoms with E-state index in [1.54, 1.807) is 5.57 Å². The predicted octanol–water partition coefficient (Wildman–Crippen LogP) is 5.05. The molecular weight excluding hydrogens is 284 g/mol. The molecule has 0 bridgehead atoms. The van der Waals surface area contributed by atoms with Crippen molar-refractivity contribution in [2.45, 2.75) is 71.8 Å². The SMILES string of the molecule is CC(=O)O[C@H]1CC[C@@]2(C)C(=CC[C@H]3[C@@H]4CC=C[C@@]4(C)CC[C@@H]32)C1. The van der Waals surface area contributed by atoms with Gasteiger partial charge < -0.3 is 4.74 Å². The van der Waals surface area contributed by atoms with E-state index in [1.165, 1.54) is 39.0 Å². The maximum absolute atomic E-state index is 11.3. The first-order valence-electron chi connectivity index (χ1n) is 9.47. The summed E-state index contributed by atoms with van der Waals surface area (Å²) in [5, 5.41) is 0. The minimum absolute atomic E-state index is 0.116. The number of ether oxygens (including phenoxy) is 1. The van der Waals surface area contributed by atoms with E-state index in [0.29, 0.717) is 10.8 Å². The molecule has 0 unspecified atom stereocenters. The van der Waals surface area contributed by atoms with Crippen LogP contribution in [0, 0.1) is 28.6 Å². The molecule has 0 amide bonds. The van der Waals surface area contributed by atoms with Gasteiger partial charge in [-0.05, 0) is 67.1 Å². The molecule has 0 aliphatic heterocycles. The van der Waals surface area contributed by atoms with Crippen LogP contribution >= 0.6 is 0 Å². The Hall–Kier alpha value is -1.05. The zero-order valence-corrected chi connectivity index (χ0v) is 14.8. The van der Waals surface area contributed by atoms with Gasteiger partial charge in [-0.3, -0.25) is 4.79 Å². The molecule has 0 aromatic rings. The average Bonchev–Trinajstić information content (AvgIpc) is 2.89. The van der Waals surface area contributed by atoms with Crippen LogP contribution in [-0.2, 0) is 9.53 Å². The molecule has 4 rings (SSSR count). The van der Waals surface area contributed by atoms with Crippen LogP contribution in [0.15, 0.2) is 23.8 Å². The smallest absolute Gasteiger partial charge is 0.302 e. The predicted molar refractivity (Wildman–Crippen MR) is 91.8 cm³/mol. The first-order valence-corrected chi connectivity index (χ1v) is 9.47. The zero-order valence-electron chi connectivity index (χ0n) is 14.8. The lowest BCUT2D eigenvalue weighted by molar-refractivity contribution is -0.148. The van der Waals surface area contributed by atoms with Crippen LogP contribution in [0.3, 0.4) is 0 Å². The van der Waals surface area contributed by atoms with Crippen molar-refractivity contribution in [3.05, 3.63) is 23.8 Å². The highest BCUT2D eigenvalue weighted by Gasteiger charge is 2.54. The molecule has 0 N–H and O–H groups in total. The second kappa shape index (κ2) is 5.22. The minimum Gasteiger partial charge on any atom is -0.462 e. The number of esters is 1. The molecule has 2 fully saturated rings. The first kappa shape index (κ1) is 15.5. The van der Waals surface area contributed by atoms with Gasteiger partial charge >= 0.3 is 5.97 Å². The van der Waals surface area contributed by atoms with E-state index in [4.69, 9.17) is 4.74 Å². The average molecular weight is 314 g/mol. The zero-order chi connectivity index (χ0) is 16.2. The second-order valence-corrected chi connectivity index (χ2v) is 8.92. The summed E-state index contributed by atoms with van der Waals surface area (Å²) in [7, 11) is 0. The molecule has 2 saturated carbocycles. The van der Waals surface area contributed by atoms with E-state index in [9.17, 15) is 4.79 Å². The lowest BCUT2D eigenvalue weighted by Crippen LogP contribution is -2.49. The summed E-state index contributed by atoms with van der Waals surface area (Å²) >= 11 is 0. The molecule has 126 valence electrons. The topological polar surface area (TPSA) is 26.3 Å². The van der Waals surface area contributed by atoms with Gasteiger partial charge in [-0.15, -0.1) is 0 Å². The molecule has 0 saturated heterocycles. The van der Waals surface area contributed by atoms with Crippen LogP contribution in [-0.4, -0.2) is 12.1 Å². The third-order valence-electron chi connectivity index (χ3n) is 7.72. The molecule has 0 spiro atoms. The van der Waals surface area contributed by atoms with E-state index >= 15 is 0 Å². The highest BCUT2D eigenvalue weighted by atomic mass is 16.5. The third-order valence-corrected chi connectivity index (χ3v) is 7.72. The molecule has 4 aliphatic carbocycles. The van der Waals surface area contributed by atoms with Gasteiger partial charge in [-0.25, -0.2) is 0 Å². The lowest BCUT2D eigenvalue weighted by Gasteiger charge is -2.57. The van der Waals surface area contributed by atoms with Crippen molar-refractivity contribution in [3.63, 3.8) is 0 Å². The fourth-order valence-corrected chi connectivity index (χ4v) is 6.45. The van der Waals surface area contributed by atoms with Crippen LogP contribution < -0.4 is 0 Å². The van der Waals surface area contributed by atoms with Gasteiger partial charge in [0.2, 0.25) is 0 Å². The largest absolute Gasteiger partial charge is 0.462 e. The lowest BCUT2D eigenvalue weighted by atomic mass is 9.48. The number of fused-ring (bicyclic) bond motifs is 5. The molecule has 2 nitrogen and oxygen atoms in total. The molecule has 2 heteroatoms. The van der Waals surface area contributed by atoms with E-state index in [0.717, 1.165) is 30.6 Å². The number of carbonyl (C=O) groups excluding carboxylic acids is 1. The van der Waals surface area contributed by atoms with Gasteiger partial charge in [0.1, 0.15) is 6.10 Å². The summed E-state index contributed by atoms with van der Waals surface area (Å²) in [6.07, 6.45) is 16.0. The van der Waals surface area contributed by atoms with Crippen LogP contribution in [0.4, 0.5) is 0 Å². The van der Waals surface area contributed by atoms with Crippen molar-refractivity contribution in [1.82, 2.24) is 0 Å². The van der Waals surface area contributed by atoms with Crippen LogP contribution in [0.2, 0.25) is 0 Å². The summed E-state index contributed by atoms with van der Waals surface area (Å²) in [5.74, 6) is 2.40. The standard InChI is InChI=1S/C21H30O2/c1-14(22)23-16-8-12-21(3)15(13-16)6-7-17-18-5-4-10-20(18,2)11-9-19(17)21/h4,6,10,16-19H,5,7-9,11-13H2,1-3H3/t16-,17-,18-,19-,20-,21-/m0/s1. The molecular formula is C21H30O2. The second-order valence-electron chi connectivity index (χ2n) is 8.92. The Kier molecular flexibility index (Phi) is 3.52. The van der Waals surface area contributed by atoms with Gasteiger partial charge in [-0.2, -0.15) is 0 Å². The molecule has 4 aliphatic rings. The molecule has 0 aromatic heterocycles. The summed E-state index contributed by atoms with van der Waals surface area (Å²) in [4.78, 5) is 11.3. The summed E-state index contributed by atoms with van der Waals surface area (Å²) in [6.45, 7) is 6.52. The van der Waals surface area contributed by atoms with Crippen molar-refractivity contribution in [3.8, 4) is 0 Å². The quantitative estimate of drug-likeness (QED) is 0.500. The Morgan fingerprint density at radius 3 is 2.78 bits per heavy atom. The number of hydrogen-bond acceptors (Lipinski definition) is 2. The van der Waals surface area contributed by atoms with Crippen molar-refractivity contribution in [1.29, 1.82) is 0 Å². The normalized spacial score (nSPS) is 48.0. The molecule has 0 radical (unpaired) electrons. The van der Waals surface area contributed by atoms with E-state index in [2.05, 4.69) is 32.1 Å². The Morgan fingerprint density at radius 2 is 2.00 bits per heavy atom. The van der Waals surface area contributed by atoms with E-state index in [1.807, 2.05) is 0 Å². The van der Waals surface area contributed by atoms with E-state index < -0.39 is 0 Å². The fraction of sp³-hybridized carbons (Fsp3) is 0.762. The first-order chi connectivity index (χ1) is 10.9. The Bertz CT molecular complexity index is 574. The minimum atomic E-state index is -0.127. The van der Waals surface area contributed by atoms with Crippen LogP contribution in [0.1, 0.15) is 65.7 Å². The summed E-state index contributed by atoms with van der Waals surface area (Å²) in [6, 6.07) is 0. The molecule has 0 aromatic carbocycles. The van der Waals surface area contributed by atoms with Gasteiger partial charge in [0, 0.05) is 13.3 Å². The number of hydrogen-bond donors (Lipinski definition) is 0. The van der Waals surface area contributed by atoms with Crippen molar-refractivity contribution in [2.24, 2.45) is 28.6 Å². The number of rotatable bonds is 1. The summed E-state index contributed by atoms with van der Waals surface area (Å²) in [5.41, 5.74) is 2.40. The highest BCUT2D eigenvalue weighted by molar-refractivity contribution is 5.66. The van der Waals surface area contributed by atoms with Crippen molar-refractivity contribution in [2.75, 3.05) is 0 Å². The molecule has 0 heterocycles. The maximum Gasteiger partial charge on any atom is 0.302 e. The Balaban J connectivity index is 1.59. The van der Waals surface area contributed by atoms with Gasteiger partial charge in [0.25, 0.3) is 0 Å². The van der Waals surface area contributed by atoms with Gasteiger partial charge in [0.15, 0.2) is 0 Å². The third kappa shape index (κ3) is 2.32. The monoisotopic (exact) mass is 314 g/mol. The van der Waals surface area contributed by atoms with Crippen LogP contribution in [0.25, 0.3) is 0 Å². The van der Waals surface area contributed by atoms with Crippen LogP contribution in [0.5, 0.6) is 0 Å². The van der Waals surface area contributed by atoms with Gasteiger partial charge in [-0.1, -0.05) is 37.6 Å². The van der Waals surface area contributed by atoms with Crippen molar-refractivity contribution >= 4 is 5.97 Å². The Labute approximate surface area is 140 Å². The summed E-state index contributed by atoms with van der Waals surface area (Å²) < 4.78 is 5.52. The Morgan fingerprint density at radius 1 is 1.17 bits per heavy atom. The van der Waals surface area contributed by atoms with E-state index in [-0.39, 0.29) is 12.1 Å². The van der Waals surface area contributed by atoms with Gasteiger partial charge in [0.05, 0.1) is 0 Å². The van der Waals surface area contributed by atoms with Crippen molar-refractivity contribution < 1.29 is 9.53 Å².